The van der Waals surface area contributed by atoms with Crippen LogP contribution in [0.5, 0.6) is 5.88 Å². The Kier molecular flexibility index (Phi) is 4.54. The van der Waals surface area contributed by atoms with Gasteiger partial charge in [-0.15, -0.1) is 0 Å². The molecule has 0 aliphatic heterocycles. The SMILES string of the molecule is CCOc1cc(C)nc(NCCC(=O)NC2CC2)n1. The van der Waals surface area contributed by atoms with Crippen molar-refractivity contribution in [2.24, 2.45) is 0 Å². The average molecular weight is 264 g/mol. The van der Waals surface area contributed by atoms with Crippen LogP contribution in [0.3, 0.4) is 0 Å². The van der Waals surface area contributed by atoms with Gasteiger partial charge in [-0.3, -0.25) is 4.79 Å². The van der Waals surface area contributed by atoms with Gasteiger partial charge in [-0.2, -0.15) is 4.98 Å². The molecule has 6 heteroatoms. The summed E-state index contributed by atoms with van der Waals surface area (Å²) in [4.78, 5) is 20.0. The van der Waals surface area contributed by atoms with Crippen molar-refractivity contribution in [2.45, 2.75) is 39.2 Å². The fourth-order valence-corrected chi connectivity index (χ4v) is 1.66. The molecule has 104 valence electrons. The number of aryl methyl sites for hydroxylation is 1. The van der Waals surface area contributed by atoms with Crippen molar-refractivity contribution < 1.29 is 9.53 Å². The zero-order chi connectivity index (χ0) is 13.7. The number of aromatic nitrogens is 2. The second kappa shape index (κ2) is 6.36. The highest BCUT2D eigenvalue weighted by Gasteiger charge is 2.22. The van der Waals surface area contributed by atoms with Crippen LogP contribution in [0.4, 0.5) is 5.95 Å². The van der Waals surface area contributed by atoms with Crippen molar-refractivity contribution >= 4 is 11.9 Å². The van der Waals surface area contributed by atoms with E-state index < -0.39 is 0 Å². The Balaban J connectivity index is 1.79. The van der Waals surface area contributed by atoms with Crippen LogP contribution >= 0.6 is 0 Å². The maximum Gasteiger partial charge on any atom is 0.226 e. The highest BCUT2D eigenvalue weighted by molar-refractivity contribution is 5.77. The first-order chi connectivity index (χ1) is 9.17. The third kappa shape index (κ3) is 4.73. The van der Waals surface area contributed by atoms with E-state index in [0.29, 0.717) is 37.4 Å². The van der Waals surface area contributed by atoms with E-state index in [1.807, 2.05) is 13.8 Å². The Labute approximate surface area is 113 Å². The third-order valence-corrected chi connectivity index (χ3v) is 2.70. The molecule has 19 heavy (non-hydrogen) atoms. The monoisotopic (exact) mass is 264 g/mol. The summed E-state index contributed by atoms with van der Waals surface area (Å²) in [6.45, 7) is 4.88. The predicted octanol–water partition coefficient (Wildman–Crippen LogP) is 1.26. The summed E-state index contributed by atoms with van der Waals surface area (Å²) in [7, 11) is 0. The minimum atomic E-state index is 0.0766. The van der Waals surface area contributed by atoms with E-state index in [4.69, 9.17) is 4.74 Å². The Morgan fingerprint density at radius 1 is 1.47 bits per heavy atom. The lowest BCUT2D eigenvalue weighted by molar-refractivity contribution is -0.120. The molecule has 1 aliphatic rings. The molecule has 0 radical (unpaired) electrons. The van der Waals surface area contributed by atoms with Crippen LogP contribution in [0.15, 0.2) is 6.07 Å². The van der Waals surface area contributed by atoms with Gasteiger partial charge in [0.1, 0.15) is 0 Å². The zero-order valence-electron chi connectivity index (χ0n) is 11.4. The first-order valence-electron chi connectivity index (χ1n) is 6.69. The van der Waals surface area contributed by atoms with Crippen molar-refractivity contribution in [1.82, 2.24) is 15.3 Å². The second-order valence-electron chi connectivity index (χ2n) is 4.62. The van der Waals surface area contributed by atoms with Crippen molar-refractivity contribution in [3.05, 3.63) is 11.8 Å². The highest BCUT2D eigenvalue weighted by Crippen LogP contribution is 2.18. The summed E-state index contributed by atoms with van der Waals surface area (Å²) in [6, 6.07) is 2.20. The highest BCUT2D eigenvalue weighted by atomic mass is 16.5. The Bertz CT molecular complexity index is 446. The number of rotatable bonds is 7. The molecule has 1 aliphatic carbocycles. The van der Waals surface area contributed by atoms with Gasteiger partial charge in [-0.05, 0) is 26.7 Å². The van der Waals surface area contributed by atoms with Gasteiger partial charge in [0.2, 0.25) is 17.7 Å². The molecule has 6 nitrogen and oxygen atoms in total. The molecule has 0 aromatic carbocycles. The first-order valence-corrected chi connectivity index (χ1v) is 6.69. The lowest BCUT2D eigenvalue weighted by Gasteiger charge is -2.08. The Hall–Kier alpha value is -1.85. The van der Waals surface area contributed by atoms with Crippen LogP contribution in [0, 0.1) is 6.92 Å². The summed E-state index contributed by atoms with van der Waals surface area (Å²) in [6.07, 6.45) is 2.65. The van der Waals surface area contributed by atoms with Crippen LogP contribution in [0.25, 0.3) is 0 Å². The molecule has 1 aromatic rings. The van der Waals surface area contributed by atoms with Crippen LogP contribution in [0.1, 0.15) is 31.9 Å². The van der Waals surface area contributed by atoms with E-state index in [2.05, 4.69) is 20.6 Å². The molecule has 1 amide bonds. The van der Waals surface area contributed by atoms with Gasteiger partial charge in [0.05, 0.1) is 6.61 Å². The Morgan fingerprint density at radius 2 is 2.26 bits per heavy atom. The third-order valence-electron chi connectivity index (χ3n) is 2.70. The van der Waals surface area contributed by atoms with Crippen molar-refractivity contribution in [1.29, 1.82) is 0 Å². The Morgan fingerprint density at radius 3 is 2.95 bits per heavy atom. The van der Waals surface area contributed by atoms with Crippen molar-refractivity contribution in [3.63, 3.8) is 0 Å². The standard InChI is InChI=1S/C13H20N4O2/c1-3-19-12-8-9(2)15-13(17-12)14-7-6-11(18)16-10-4-5-10/h8,10H,3-7H2,1-2H3,(H,16,18)(H,14,15,17). The summed E-state index contributed by atoms with van der Waals surface area (Å²) in [5, 5.41) is 5.98. The van der Waals surface area contributed by atoms with E-state index in [-0.39, 0.29) is 5.91 Å². The van der Waals surface area contributed by atoms with Gasteiger partial charge < -0.3 is 15.4 Å². The van der Waals surface area contributed by atoms with Gasteiger partial charge in [-0.25, -0.2) is 4.98 Å². The molecule has 0 atom stereocenters. The zero-order valence-corrected chi connectivity index (χ0v) is 11.4. The van der Waals surface area contributed by atoms with Gasteiger partial charge >= 0.3 is 0 Å². The number of carbonyl (C=O) groups is 1. The molecule has 1 heterocycles. The lowest BCUT2D eigenvalue weighted by Crippen LogP contribution is -2.27. The maximum atomic E-state index is 11.5. The molecule has 1 fully saturated rings. The number of nitrogens with one attached hydrogen (secondary N) is 2. The lowest BCUT2D eigenvalue weighted by atomic mass is 10.4. The molecule has 0 saturated heterocycles. The number of amides is 1. The summed E-state index contributed by atoms with van der Waals surface area (Å²) in [5.41, 5.74) is 0.836. The molecule has 2 N–H and O–H groups in total. The van der Waals surface area contributed by atoms with Gasteiger partial charge in [0.15, 0.2) is 0 Å². The van der Waals surface area contributed by atoms with E-state index in [1.165, 1.54) is 0 Å². The number of ether oxygens (including phenoxy) is 1. The first kappa shape index (κ1) is 13.6. The fraction of sp³-hybridized carbons (Fsp3) is 0.615. The van der Waals surface area contributed by atoms with E-state index in [1.54, 1.807) is 6.07 Å². The summed E-state index contributed by atoms with van der Waals surface area (Å²) < 4.78 is 5.35. The van der Waals surface area contributed by atoms with Gasteiger partial charge in [0.25, 0.3) is 0 Å². The average Bonchev–Trinajstić information content (AvgIpc) is 3.12. The van der Waals surface area contributed by atoms with Crippen molar-refractivity contribution in [2.75, 3.05) is 18.5 Å². The second-order valence-corrected chi connectivity index (χ2v) is 4.62. The van der Waals surface area contributed by atoms with Crippen LogP contribution in [0.2, 0.25) is 0 Å². The van der Waals surface area contributed by atoms with E-state index >= 15 is 0 Å². The molecule has 0 bridgehead atoms. The number of nitrogens with zero attached hydrogens (tertiary/aromatic N) is 2. The topological polar surface area (TPSA) is 76.1 Å². The summed E-state index contributed by atoms with van der Waals surface area (Å²) >= 11 is 0. The molecule has 1 saturated carbocycles. The van der Waals surface area contributed by atoms with Gasteiger partial charge in [-0.1, -0.05) is 0 Å². The van der Waals surface area contributed by atoms with E-state index in [0.717, 1.165) is 18.5 Å². The van der Waals surface area contributed by atoms with Crippen molar-refractivity contribution in [3.8, 4) is 5.88 Å². The normalized spacial score (nSPS) is 14.0. The van der Waals surface area contributed by atoms with E-state index in [9.17, 15) is 4.79 Å². The smallest absolute Gasteiger partial charge is 0.226 e. The molecular formula is C13H20N4O2. The minimum Gasteiger partial charge on any atom is -0.478 e. The molecule has 0 unspecified atom stereocenters. The summed E-state index contributed by atoms with van der Waals surface area (Å²) in [5.74, 6) is 1.13. The number of hydrogen-bond acceptors (Lipinski definition) is 5. The maximum absolute atomic E-state index is 11.5. The molecule has 1 aromatic heterocycles. The quantitative estimate of drug-likeness (QED) is 0.775. The molecule has 2 rings (SSSR count). The fourth-order valence-electron chi connectivity index (χ4n) is 1.66. The van der Waals surface area contributed by atoms with Crippen LogP contribution in [-0.4, -0.2) is 35.1 Å². The number of hydrogen-bond donors (Lipinski definition) is 2. The predicted molar refractivity (Wildman–Crippen MR) is 72.2 cm³/mol. The van der Waals surface area contributed by atoms with Crippen LogP contribution in [-0.2, 0) is 4.79 Å². The van der Waals surface area contributed by atoms with Gasteiger partial charge in [0, 0.05) is 30.8 Å². The molecular weight excluding hydrogens is 244 g/mol. The molecule has 0 spiro atoms. The number of anilines is 1. The number of carbonyl (C=O) groups excluding carboxylic acids is 1. The van der Waals surface area contributed by atoms with Crippen LogP contribution < -0.4 is 15.4 Å². The largest absolute Gasteiger partial charge is 0.478 e. The minimum absolute atomic E-state index is 0.0766.